The topological polar surface area (TPSA) is 59.1 Å². The van der Waals surface area contributed by atoms with Gasteiger partial charge in [0, 0.05) is 0 Å². The van der Waals surface area contributed by atoms with Crippen molar-refractivity contribution in [2.24, 2.45) is 5.73 Å². The van der Waals surface area contributed by atoms with Gasteiger partial charge in [-0.2, -0.15) is 0 Å². The summed E-state index contributed by atoms with van der Waals surface area (Å²) in [6.07, 6.45) is 1.42. The fourth-order valence-electron chi connectivity index (χ4n) is 0.647. The molecule has 0 heterocycles. The second-order valence-electron chi connectivity index (χ2n) is 2.81. The maximum Gasteiger partial charge on any atom is 0.137 e. The van der Waals surface area contributed by atoms with Crippen molar-refractivity contribution in [3.63, 3.8) is 0 Å². The van der Waals surface area contributed by atoms with E-state index in [1.54, 1.807) is 6.92 Å². The number of nitrogens with two attached hydrogens (primary N) is 1. The first-order chi connectivity index (χ1) is 5.49. The van der Waals surface area contributed by atoms with E-state index in [-0.39, 0.29) is 11.8 Å². The maximum absolute atomic E-state index is 7.52. The van der Waals surface area contributed by atoms with E-state index in [0.29, 0.717) is 11.3 Å². The maximum atomic E-state index is 7.52. The van der Waals surface area contributed by atoms with Gasteiger partial charge in [-0.15, -0.1) is 0 Å². The molecule has 12 heavy (non-hydrogen) atoms. The number of hydrogen-bond acceptors (Lipinski definition) is 3. The van der Waals surface area contributed by atoms with Crippen LogP contribution in [0.15, 0.2) is 24.1 Å². The lowest BCUT2D eigenvalue weighted by molar-refractivity contribution is 0.164. The third kappa shape index (κ3) is 3.23. The van der Waals surface area contributed by atoms with Crippen LogP contribution in [0.3, 0.4) is 0 Å². The summed E-state index contributed by atoms with van der Waals surface area (Å²) in [6, 6.07) is 0. The molecule has 0 atom stereocenters. The van der Waals surface area contributed by atoms with Crippen LogP contribution in [-0.4, -0.2) is 11.8 Å². The number of rotatable bonds is 4. The Labute approximate surface area is 73.4 Å². The van der Waals surface area contributed by atoms with Crippen LogP contribution in [-0.2, 0) is 4.74 Å². The monoisotopic (exact) mass is 168 g/mol. The molecule has 0 aliphatic rings. The van der Waals surface area contributed by atoms with Gasteiger partial charge in [-0.25, -0.2) is 0 Å². The predicted molar refractivity (Wildman–Crippen MR) is 51.0 cm³/mol. The number of allylic oxidation sites excluding steroid dienone is 1. The zero-order valence-corrected chi connectivity index (χ0v) is 7.85. The minimum Gasteiger partial charge on any atom is -0.489 e. The third-order valence-electron chi connectivity index (χ3n) is 1.30. The van der Waals surface area contributed by atoms with Crippen LogP contribution >= 0.6 is 0 Å². The van der Waals surface area contributed by atoms with Crippen LogP contribution in [0, 0.1) is 5.41 Å². The Bertz CT molecular complexity index is 217. The minimum absolute atomic E-state index is 0.0448. The van der Waals surface area contributed by atoms with E-state index in [2.05, 4.69) is 6.58 Å². The molecule has 0 aromatic rings. The summed E-state index contributed by atoms with van der Waals surface area (Å²) in [7, 11) is 0. The Kier molecular flexibility index (Phi) is 4.11. The van der Waals surface area contributed by atoms with Gasteiger partial charge in [0.1, 0.15) is 5.76 Å². The quantitative estimate of drug-likeness (QED) is 0.496. The second kappa shape index (κ2) is 4.59. The first kappa shape index (κ1) is 10.8. The largest absolute Gasteiger partial charge is 0.489 e. The molecule has 0 fully saturated rings. The fraction of sp³-hybridized carbons (Fsp3) is 0.444. The van der Waals surface area contributed by atoms with Crippen LogP contribution in [0.4, 0.5) is 0 Å². The van der Waals surface area contributed by atoms with E-state index in [9.17, 15) is 0 Å². The van der Waals surface area contributed by atoms with Crippen molar-refractivity contribution in [3.05, 3.63) is 24.1 Å². The summed E-state index contributed by atoms with van der Waals surface area (Å²) in [5, 5.41) is 7.52. The van der Waals surface area contributed by atoms with Crippen molar-refractivity contribution in [2.75, 3.05) is 0 Å². The molecule has 0 unspecified atom stereocenters. The standard InChI is InChI=1S/C9H16N2O/c1-6(2)12-8(4)9(11)7(3)5-10/h5-6,11H,4,10H2,1-3H3/b7-5-,11-9?. The van der Waals surface area contributed by atoms with Gasteiger partial charge >= 0.3 is 0 Å². The van der Waals surface area contributed by atoms with E-state index in [0.717, 1.165) is 0 Å². The third-order valence-corrected chi connectivity index (χ3v) is 1.30. The summed E-state index contributed by atoms with van der Waals surface area (Å²) in [5.74, 6) is 0.365. The molecule has 3 nitrogen and oxygen atoms in total. The van der Waals surface area contributed by atoms with E-state index >= 15 is 0 Å². The summed E-state index contributed by atoms with van der Waals surface area (Å²) >= 11 is 0. The summed E-state index contributed by atoms with van der Waals surface area (Å²) in [6.45, 7) is 9.15. The Hall–Kier alpha value is -1.25. The van der Waals surface area contributed by atoms with Crippen molar-refractivity contribution < 1.29 is 4.74 Å². The zero-order valence-electron chi connectivity index (χ0n) is 7.85. The number of nitrogens with one attached hydrogen (secondary N) is 1. The molecule has 0 rings (SSSR count). The van der Waals surface area contributed by atoms with Crippen LogP contribution in [0.1, 0.15) is 20.8 Å². The first-order valence-electron chi connectivity index (χ1n) is 3.82. The first-order valence-corrected chi connectivity index (χ1v) is 3.82. The molecule has 68 valence electrons. The molecule has 0 amide bonds. The van der Waals surface area contributed by atoms with Gasteiger partial charge in [-0.05, 0) is 32.5 Å². The normalized spacial score (nSPS) is 11.5. The van der Waals surface area contributed by atoms with Crippen molar-refractivity contribution in [2.45, 2.75) is 26.9 Å². The molecule has 0 saturated heterocycles. The molecule has 0 bridgehead atoms. The molecule has 0 aliphatic heterocycles. The van der Waals surface area contributed by atoms with E-state index in [1.807, 2.05) is 13.8 Å². The average Bonchev–Trinajstić information content (AvgIpc) is 2.00. The van der Waals surface area contributed by atoms with E-state index in [1.165, 1.54) is 6.20 Å². The molecule has 3 N–H and O–H groups in total. The summed E-state index contributed by atoms with van der Waals surface area (Å²) < 4.78 is 5.22. The van der Waals surface area contributed by atoms with Crippen molar-refractivity contribution >= 4 is 5.71 Å². The summed E-state index contributed by atoms with van der Waals surface area (Å²) in [4.78, 5) is 0. The molecule has 3 heteroatoms. The average molecular weight is 168 g/mol. The Morgan fingerprint density at radius 2 is 2.08 bits per heavy atom. The van der Waals surface area contributed by atoms with Crippen LogP contribution in [0.25, 0.3) is 0 Å². The van der Waals surface area contributed by atoms with Crippen LogP contribution in [0.2, 0.25) is 0 Å². The van der Waals surface area contributed by atoms with Gasteiger partial charge in [0.2, 0.25) is 0 Å². The highest BCUT2D eigenvalue weighted by molar-refractivity contribution is 6.08. The van der Waals surface area contributed by atoms with Gasteiger partial charge in [-0.1, -0.05) is 6.58 Å². The second-order valence-corrected chi connectivity index (χ2v) is 2.81. The molecule has 0 aliphatic carbocycles. The van der Waals surface area contributed by atoms with E-state index < -0.39 is 0 Å². The van der Waals surface area contributed by atoms with Crippen molar-refractivity contribution in [1.29, 1.82) is 5.41 Å². The molecule has 0 spiro atoms. The Balaban J connectivity index is 4.22. The SMILES string of the molecule is C=C(OC(C)C)C(=N)/C(C)=C\N. The molecule has 0 aromatic heterocycles. The highest BCUT2D eigenvalue weighted by Crippen LogP contribution is 2.06. The highest BCUT2D eigenvalue weighted by atomic mass is 16.5. The van der Waals surface area contributed by atoms with Gasteiger partial charge in [-0.3, -0.25) is 5.41 Å². The lowest BCUT2D eigenvalue weighted by Crippen LogP contribution is -2.11. The lowest BCUT2D eigenvalue weighted by atomic mass is 10.2. The molecule has 0 aromatic carbocycles. The van der Waals surface area contributed by atoms with E-state index in [4.69, 9.17) is 15.9 Å². The Morgan fingerprint density at radius 1 is 1.58 bits per heavy atom. The highest BCUT2D eigenvalue weighted by Gasteiger charge is 2.06. The number of ether oxygens (including phenoxy) is 1. The predicted octanol–water partition coefficient (Wildman–Crippen LogP) is 1.81. The van der Waals surface area contributed by atoms with Gasteiger partial charge < -0.3 is 10.5 Å². The fourth-order valence-corrected chi connectivity index (χ4v) is 0.647. The zero-order chi connectivity index (χ0) is 9.72. The van der Waals surface area contributed by atoms with Gasteiger partial charge in [0.25, 0.3) is 0 Å². The van der Waals surface area contributed by atoms with Gasteiger partial charge in [0.15, 0.2) is 0 Å². The Morgan fingerprint density at radius 3 is 2.42 bits per heavy atom. The molecular formula is C9H16N2O. The van der Waals surface area contributed by atoms with Crippen molar-refractivity contribution in [3.8, 4) is 0 Å². The molecular weight excluding hydrogens is 152 g/mol. The lowest BCUT2D eigenvalue weighted by Gasteiger charge is -2.12. The minimum atomic E-state index is 0.0448. The van der Waals surface area contributed by atoms with Crippen LogP contribution < -0.4 is 5.73 Å². The molecule has 0 saturated carbocycles. The smallest absolute Gasteiger partial charge is 0.137 e. The number of hydrogen-bond donors (Lipinski definition) is 2. The van der Waals surface area contributed by atoms with Gasteiger partial charge in [0.05, 0.1) is 11.8 Å². The summed E-state index contributed by atoms with van der Waals surface area (Å²) in [5.41, 5.74) is 6.17. The van der Waals surface area contributed by atoms with Crippen LogP contribution in [0.5, 0.6) is 0 Å². The van der Waals surface area contributed by atoms with Crippen molar-refractivity contribution in [1.82, 2.24) is 0 Å². The molecule has 0 radical (unpaired) electrons.